The summed E-state index contributed by atoms with van der Waals surface area (Å²) in [5.41, 5.74) is 0.856. The Kier molecular flexibility index (Phi) is 4.82. The van der Waals surface area contributed by atoms with E-state index in [0.29, 0.717) is 23.9 Å². The number of methoxy groups -OCH3 is 1. The van der Waals surface area contributed by atoms with Gasteiger partial charge < -0.3 is 14.6 Å². The van der Waals surface area contributed by atoms with Gasteiger partial charge in [0.25, 0.3) is 11.5 Å². The lowest BCUT2D eigenvalue weighted by molar-refractivity contribution is 0.0933. The van der Waals surface area contributed by atoms with Crippen LogP contribution in [-0.2, 0) is 11.8 Å². The van der Waals surface area contributed by atoms with E-state index in [1.54, 1.807) is 38.4 Å². The van der Waals surface area contributed by atoms with E-state index in [2.05, 4.69) is 15.4 Å². The second-order valence-corrected chi connectivity index (χ2v) is 5.78. The molecule has 8 nitrogen and oxygen atoms in total. The second-order valence-electron chi connectivity index (χ2n) is 5.34. The van der Waals surface area contributed by atoms with Gasteiger partial charge in [-0.3, -0.25) is 9.59 Å². The van der Waals surface area contributed by atoms with Crippen molar-refractivity contribution in [1.29, 1.82) is 0 Å². The smallest absolute Gasteiger partial charge is 0.279 e. The van der Waals surface area contributed by atoms with E-state index in [1.165, 1.54) is 15.6 Å². The molecule has 130 valence electrons. The molecule has 0 aliphatic heterocycles. The molecule has 1 aromatic carbocycles. The van der Waals surface area contributed by atoms with Crippen LogP contribution in [-0.4, -0.2) is 45.5 Å². The fourth-order valence-corrected chi connectivity index (χ4v) is 2.49. The molecular weight excluding hydrogens is 346 g/mol. The summed E-state index contributed by atoms with van der Waals surface area (Å²) >= 11 is 5.92. The van der Waals surface area contributed by atoms with Crippen molar-refractivity contribution < 1.29 is 9.53 Å². The molecule has 1 N–H and O–H groups in total. The summed E-state index contributed by atoms with van der Waals surface area (Å²) < 4.78 is 7.66. The first kappa shape index (κ1) is 17.1. The van der Waals surface area contributed by atoms with Gasteiger partial charge in [-0.25, -0.2) is 9.67 Å². The van der Waals surface area contributed by atoms with E-state index in [0.717, 1.165) is 0 Å². The van der Waals surface area contributed by atoms with Crippen molar-refractivity contribution in [3.8, 4) is 5.69 Å². The lowest BCUT2D eigenvalue weighted by atomic mass is 10.3. The molecule has 0 spiro atoms. The zero-order chi connectivity index (χ0) is 18.0. The van der Waals surface area contributed by atoms with Gasteiger partial charge in [-0.2, -0.15) is 5.10 Å². The largest absolute Gasteiger partial charge is 0.383 e. The Balaban J connectivity index is 2.16. The minimum Gasteiger partial charge on any atom is -0.383 e. The molecule has 2 aromatic heterocycles. The van der Waals surface area contributed by atoms with Crippen LogP contribution in [0.1, 0.15) is 10.5 Å². The quantitative estimate of drug-likeness (QED) is 0.688. The number of carbonyl (C=O) groups is 1. The number of halogens is 1. The summed E-state index contributed by atoms with van der Waals surface area (Å²) in [6.45, 7) is 0.701. The average molecular weight is 362 g/mol. The molecule has 1 amide bonds. The molecule has 0 bridgehead atoms. The number of nitrogens with one attached hydrogen (secondary N) is 1. The highest BCUT2D eigenvalue weighted by atomic mass is 35.5. The molecule has 0 unspecified atom stereocenters. The van der Waals surface area contributed by atoms with Crippen molar-refractivity contribution >= 4 is 28.5 Å². The maximum Gasteiger partial charge on any atom is 0.279 e. The van der Waals surface area contributed by atoms with Crippen LogP contribution in [0.5, 0.6) is 0 Å². The Hall–Kier alpha value is -2.71. The highest BCUT2D eigenvalue weighted by Gasteiger charge is 2.22. The standard InChI is InChI=1S/C16H16ClN5O3/c1-21-9-19-12-13(15(23)18-7-8-25-2)20-22(14(12)16(21)24)11-5-3-10(17)4-6-11/h3-6,9H,7-8H2,1-2H3,(H,18,23). The molecule has 0 radical (unpaired) electrons. The highest BCUT2D eigenvalue weighted by Crippen LogP contribution is 2.19. The van der Waals surface area contributed by atoms with Gasteiger partial charge >= 0.3 is 0 Å². The molecule has 9 heteroatoms. The van der Waals surface area contributed by atoms with E-state index in [4.69, 9.17) is 16.3 Å². The number of aryl methyl sites for hydroxylation is 1. The maximum atomic E-state index is 12.6. The first-order valence-corrected chi connectivity index (χ1v) is 7.88. The van der Waals surface area contributed by atoms with Crippen molar-refractivity contribution in [2.45, 2.75) is 0 Å². The van der Waals surface area contributed by atoms with Crippen LogP contribution >= 0.6 is 11.6 Å². The molecule has 25 heavy (non-hydrogen) atoms. The zero-order valence-corrected chi connectivity index (χ0v) is 14.4. The third-order valence-electron chi connectivity index (χ3n) is 3.62. The summed E-state index contributed by atoms with van der Waals surface area (Å²) in [7, 11) is 3.13. The molecule has 2 heterocycles. The predicted octanol–water partition coefficient (Wildman–Crippen LogP) is 1.15. The summed E-state index contributed by atoms with van der Waals surface area (Å²) in [4.78, 5) is 29.2. The van der Waals surface area contributed by atoms with Crippen molar-refractivity contribution in [1.82, 2.24) is 24.6 Å². The molecule has 0 atom stereocenters. The molecule has 0 saturated heterocycles. The van der Waals surface area contributed by atoms with E-state index < -0.39 is 5.91 Å². The third kappa shape index (κ3) is 3.26. The molecule has 3 aromatic rings. The van der Waals surface area contributed by atoms with E-state index in [9.17, 15) is 9.59 Å². The van der Waals surface area contributed by atoms with Gasteiger partial charge in [0.2, 0.25) is 0 Å². The van der Waals surface area contributed by atoms with Gasteiger partial charge in [-0.1, -0.05) is 11.6 Å². The average Bonchev–Trinajstić information content (AvgIpc) is 2.99. The minimum absolute atomic E-state index is 0.0822. The minimum atomic E-state index is -0.421. The van der Waals surface area contributed by atoms with Crippen LogP contribution in [0.2, 0.25) is 5.02 Å². The molecule has 0 saturated carbocycles. The lowest BCUT2D eigenvalue weighted by Crippen LogP contribution is -2.27. The van der Waals surface area contributed by atoms with Gasteiger partial charge in [0.15, 0.2) is 11.2 Å². The van der Waals surface area contributed by atoms with Crippen LogP contribution in [0.3, 0.4) is 0 Å². The van der Waals surface area contributed by atoms with Crippen molar-refractivity contribution in [3.05, 3.63) is 51.7 Å². The van der Waals surface area contributed by atoms with E-state index in [1.807, 2.05) is 0 Å². The highest BCUT2D eigenvalue weighted by molar-refractivity contribution is 6.30. The predicted molar refractivity (Wildman–Crippen MR) is 93.3 cm³/mol. The molecule has 0 aliphatic carbocycles. The Labute approximate surface area is 148 Å². The van der Waals surface area contributed by atoms with Crippen LogP contribution in [0.4, 0.5) is 0 Å². The van der Waals surface area contributed by atoms with Crippen LogP contribution in [0.15, 0.2) is 35.4 Å². The van der Waals surface area contributed by atoms with Gasteiger partial charge in [0, 0.05) is 25.7 Å². The number of hydrogen-bond donors (Lipinski definition) is 1. The first-order chi connectivity index (χ1) is 12.0. The number of nitrogens with zero attached hydrogens (tertiary/aromatic N) is 4. The second kappa shape index (κ2) is 7.04. The van der Waals surface area contributed by atoms with E-state index >= 15 is 0 Å². The van der Waals surface area contributed by atoms with Gasteiger partial charge in [0.1, 0.15) is 5.52 Å². The summed E-state index contributed by atoms with van der Waals surface area (Å²) in [6, 6.07) is 6.80. The van der Waals surface area contributed by atoms with Gasteiger partial charge in [0.05, 0.1) is 18.6 Å². The number of benzene rings is 1. The third-order valence-corrected chi connectivity index (χ3v) is 3.87. The van der Waals surface area contributed by atoms with Crippen molar-refractivity contribution in [2.75, 3.05) is 20.3 Å². The van der Waals surface area contributed by atoms with Crippen molar-refractivity contribution in [3.63, 3.8) is 0 Å². The SMILES string of the molecule is COCCNC(=O)c1nn(-c2ccc(Cl)cc2)c2c(=O)n(C)cnc12. The van der Waals surface area contributed by atoms with E-state index in [-0.39, 0.29) is 22.3 Å². The molecule has 0 aliphatic rings. The molecule has 3 rings (SSSR count). The first-order valence-electron chi connectivity index (χ1n) is 7.50. The van der Waals surface area contributed by atoms with Crippen molar-refractivity contribution in [2.24, 2.45) is 7.05 Å². The number of carbonyl (C=O) groups excluding carboxylic acids is 1. The van der Waals surface area contributed by atoms with Crippen LogP contribution < -0.4 is 10.9 Å². The number of fused-ring (bicyclic) bond motifs is 1. The fourth-order valence-electron chi connectivity index (χ4n) is 2.36. The number of aromatic nitrogens is 4. The van der Waals surface area contributed by atoms with Crippen LogP contribution in [0, 0.1) is 0 Å². The summed E-state index contributed by atoms with van der Waals surface area (Å²) in [5.74, 6) is -0.421. The molecule has 0 fully saturated rings. The van der Waals surface area contributed by atoms with Gasteiger partial charge in [-0.05, 0) is 24.3 Å². The summed E-state index contributed by atoms with van der Waals surface area (Å²) in [6.07, 6.45) is 1.37. The number of ether oxygens (including phenoxy) is 1. The zero-order valence-electron chi connectivity index (χ0n) is 13.7. The Morgan fingerprint density at radius 1 is 1.32 bits per heavy atom. The Morgan fingerprint density at radius 3 is 2.72 bits per heavy atom. The monoisotopic (exact) mass is 361 g/mol. The number of rotatable bonds is 5. The Bertz CT molecular complexity index is 978. The normalized spacial score (nSPS) is 11.0. The topological polar surface area (TPSA) is 91.0 Å². The van der Waals surface area contributed by atoms with Gasteiger partial charge in [-0.15, -0.1) is 0 Å². The summed E-state index contributed by atoms with van der Waals surface area (Å²) in [5, 5.41) is 7.56. The number of amides is 1. The lowest BCUT2D eigenvalue weighted by Gasteiger charge is -2.03. The van der Waals surface area contributed by atoms with Crippen LogP contribution in [0.25, 0.3) is 16.7 Å². The fraction of sp³-hybridized carbons (Fsp3) is 0.250. The maximum absolute atomic E-state index is 12.6. The Morgan fingerprint density at radius 2 is 2.04 bits per heavy atom. The molecular formula is C16H16ClN5O3. The number of hydrogen-bond acceptors (Lipinski definition) is 5.